The Morgan fingerprint density at radius 1 is 1.40 bits per heavy atom. The summed E-state index contributed by atoms with van der Waals surface area (Å²) in [6.07, 6.45) is 2.29. The summed E-state index contributed by atoms with van der Waals surface area (Å²) in [6.45, 7) is 1.98. The minimum Gasteiger partial charge on any atom is -0.327 e. The molecular weight excluding hydrogens is 294 g/mol. The second-order valence-corrected chi connectivity index (χ2v) is 6.57. The Balaban J connectivity index is 1.88. The molecule has 20 heavy (non-hydrogen) atoms. The minimum absolute atomic E-state index is 0.0344. The summed E-state index contributed by atoms with van der Waals surface area (Å²) < 4.78 is 1.90. The van der Waals surface area contributed by atoms with Gasteiger partial charge in [0.15, 0.2) is 0 Å². The number of hydrogen-bond donors (Lipinski definition) is 1. The summed E-state index contributed by atoms with van der Waals surface area (Å²) in [7, 11) is 0. The van der Waals surface area contributed by atoms with E-state index in [9.17, 15) is 0 Å². The maximum Gasteiger partial charge on any atom is 0.210 e. The number of tetrazole rings is 1. The molecule has 2 atom stereocenters. The molecule has 0 radical (unpaired) electrons. The average molecular weight is 310 g/mol. The third-order valence-electron chi connectivity index (χ3n) is 3.28. The molecule has 1 saturated carbocycles. The lowest BCUT2D eigenvalue weighted by atomic mass is 10.1. The first-order valence-electron chi connectivity index (χ1n) is 6.61. The standard InChI is InChI=1S/C13H16ClN5S/c1-8(15)12(10-4-2-3-5-11(10)14)20-13-16-17-18-19(13)9-6-7-9/h2-5,8-9,12H,6-7,15H2,1H3. The number of rotatable bonds is 5. The Kier molecular flexibility index (Phi) is 3.96. The van der Waals surface area contributed by atoms with Gasteiger partial charge in [-0.2, -0.15) is 0 Å². The van der Waals surface area contributed by atoms with Crippen LogP contribution < -0.4 is 5.73 Å². The molecule has 1 aromatic carbocycles. The van der Waals surface area contributed by atoms with Gasteiger partial charge in [0.1, 0.15) is 0 Å². The van der Waals surface area contributed by atoms with Crippen molar-refractivity contribution in [3.63, 3.8) is 0 Å². The van der Waals surface area contributed by atoms with E-state index in [0.29, 0.717) is 6.04 Å². The molecule has 0 aliphatic heterocycles. The van der Waals surface area contributed by atoms with Gasteiger partial charge in [-0.3, -0.25) is 0 Å². The zero-order chi connectivity index (χ0) is 14.1. The molecule has 1 fully saturated rings. The molecule has 3 rings (SSSR count). The summed E-state index contributed by atoms with van der Waals surface area (Å²) in [6, 6.07) is 8.19. The van der Waals surface area contributed by atoms with Gasteiger partial charge >= 0.3 is 0 Å². The maximum absolute atomic E-state index is 6.29. The van der Waals surface area contributed by atoms with Crippen molar-refractivity contribution in [3.05, 3.63) is 34.9 Å². The largest absolute Gasteiger partial charge is 0.327 e. The van der Waals surface area contributed by atoms with Crippen molar-refractivity contribution in [2.75, 3.05) is 0 Å². The molecule has 5 nitrogen and oxygen atoms in total. The maximum atomic E-state index is 6.29. The molecule has 0 saturated heterocycles. The molecule has 1 aliphatic carbocycles. The van der Waals surface area contributed by atoms with E-state index < -0.39 is 0 Å². The molecule has 106 valence electrons. The molecule has 0 spiro atoms. The highest BCUT2D eigenvalue weighted by Gasteiger charge is 2.30. The lowest BCUT2D eigenvalue weighted by Gasteiger charge is -2.21. The summed E-state index contributed by atoms with van der Waals surface area (Å²) in [5.41, 5.74) is 7.17. The monoisotopic (exact) mass is 309 g/mol. The quantitative estimate of drug-likeness (QED) is 0.860. The lowest BCUT2D eigenvalue weighted by Crippen LogP contribution is -2.23. The fourth-order valence-corrected chi connectivity index (χ4v) is 3.55. The number of nitrogens with two attached hydrogens (primary N) is 1. The Morgan fingerprint density at radius 2 is 2.15 bits per heavy atom. The van der Waals surface area contributed by atoms with Gasteiger partial charge in [-0.25, -0.2) is 4.68 Å². The first-order chi connectivity index (χ1) is 9.66. The second-order valence-electron chi connectivity index (χ2n) is 5.06. The van der Waals surface area contributed by atoms with Gasteiger partial charge < -0.3 is 5.73 Å². The molecule has 1 aliphatic rings. The van der Waals surface area contributed by atoms with Gasteiger partial charge in [-0.15, -0.1) is 5.10 Å². The van der Waals surface area contributed by atoms with Crippen LogP contribution in [0, 0.1) is 0 Å². The van der Waals surface area contributed by atoms with Crippen molar-refractivity contribution in [2.24, 2.45) is 5.73 Å². The van der Waals surface area contributed by atoms with Crippen molar-refractivity contribution < 1.29 is 0 Å². The smallest absolute Gasteiger partial charge is 0.210 e. The van der Waals surface area contributed by atoms with Crippen LogP contribution in [0.4, 0.5) is 0 Å². The predicted molar refractivity (Wildman–Crippen MR) is 79.8 cm³/mol. The highest BCUT2D eigenvalue weighted by molar-refractivity contribution is 7.99. The third kappa shape index (κ3) is 2.82. The van der Waals surface area contributed by atoms with Crippen LogP contribution >= 0.6 is 23.4 Å². The van der Waals surface area contributed by atoms with Crippen LogP contribution in [-0.4, -0.2) is 26.2 Å². The third-order valence-corrected chi connectivity index (χ3v) is 5.04. The van der Waals surface area contributed by atoms with E-state index in [0.717, 1.165) is 28.6 Å². The summed E-state index contributed by atoms with van der Waals surface area (Å²) >= 11 is 7.87. The van der Waals surface area contributed by atoms with Crippen LogP contribution in [0.5, 0.6) is 0 Å². The molecule has 2 aromatic rings. The number of thioether (sulfide) groups is 1. The van der Waals surface area contributed by atoms with Crippen molar-refractivity contribution in [1.82, 2.24) is 20.2 Å². The van der Waals surface area contributed by atoms with E-state index in [-0.39, 0.29) is 11.3 Å². The van der Waals surface area contributed by atoms with Crippen LogP contribution in [0.2, 0.25) is 5.02 Å². The predicted octanol–water partition coefficient (Wildman–Crippen LogP) is 2.84. The van der Waals surface area contributed by atoms with Crippen molar-refractivity contribution in [2.45, 2.75) is 42.3 Å². The minimum atomic E-state index is -0.0516. The van der Waals surface area contributed by atoms with E-state index in [1.54, 1.807) is 11.8 Å². The molecule has 2 unspecified atom stereocenters. The summed E-state index contributed by atoms with van der Waals surface area (Å²) in [5.74, 6) is 0. The summed E-state index contributed by atoms with van der Waals surface area (Å²) in [4.78, 5) is 0. The number of nitrogens with zero attached hydrogens (tertiary/aromatic N) is 4. The fraction of sp³-hybridized carbons (Fsp3) is 0.462. The van der Waals surface area contributed by atoms with Crippen molar-refractivity contribution in [3.8, 4) is 0 Å². The lowest BCUT2D eigenvalue weighted by molar-refractivity contribution is 0.563. The first-order valence-corrected chi connectivity index (χ1v) is 7.87. The zero-order valence-electron chi connectivity index (χ0n) is 11.1. The molecule has 1 heterocycles. The van der Waals surface area contributed by atoms with E-state index in [1.165, 1.54) is 0 Å². The van der Waals surface area contributed by atoms with Gasteiger partial charge in [0.25, 0.3) is 0 Å². The number of benzene rings is 1. The van der Waals surface area contributed by atoms with Gasteiger partial charge in [0.2, 0.25) is 5.16 Å². The Bertz CT molecular complexity index is 596. The van der Waals surface area contributed by atoms with Crippen LogP contribution in [0.1, 0.15) is 36.6 Å². The molecule has 1 aromatic heterocycles. The topological polar surface area (TPSA) is 69.6 Å². The van der Waals surface area contributed by atoms with Gasteiger partial charge in [0, 0.05) is 11.1 Å². The average Bonchev–Trinajstić information content (AvgIpc) is 3.16. The van der Waals surface area contributed by atoms with E-state index in [4.69, 9.17) is 17.3 Å². The van der Waals surface area contributed by atoms with Crippen LogP contribution in [0.3, 0.4) is 0 Å². The second kappa shape index (κ2) is 5.71. The Morgan fingerprint density at radius 3 is 2.80 bits per heavy atom. The van der Waals surface area contributed by atoms with Gasteiger partial charge in [-0.1, -0.05) is 41.6 Å². The number of hydrogen-bond acceptors (Lipinski definition) is 5. The fourth-order valence-electron chi connectivity index (χ4n) is 2.08. The molecule has 7 heteroatoms. The van der Waals surface area contributed by atoms with Crippen LogP contribution in [0.15, 0.2) is 29.4 Å². The molecular formula is C13H16ClN5S. The van der Waals surface area contributed by atoms with E-state index in [2.05, 4.69) is 15.5 Å². The van der Waals surface area contributed by atoms with E-state index >= 15 is 0 Å². The Hall–Kier alpha value is -1.11. The zero-order valence-corrected chi connectivity index (χ0v) is 12.7. The number of aromatic nitrogens is 4. The van der Waals surface area contributed by atoms with Gasteiger partial charge in [-0.05, 0) is 41.8 Å². The van der Waals surface area contributed by atoms with E-state index in [1.807, 2.05) is 35.9 Å². The normalized spacial score (nSPS) is 17.9. The molecule has 0 bridgehead atoms. The van der Waals surface area contributed by atoms with Crippen molar-refractivity contribution in [1.29, 1.82) is 0 Å². The molecule has 2 N–H and O–H groups in total. The number of halogens is 1. The first kappa shape index (κ1) is 13.9. The van der Waals surface area contributed by atoms with Crippen LogP contribution in [-0.2, 0) is 0 Å². The highest BCUT2D eigenvalue weighted by Crippen LogP contribution is 2.42. The Labute approximate surface area is 126 Å². The van der Waals surface area contributed by atoms with Gasteiger partial charge in [0.05, 0.1) is 11.3 Å². The molecule has 0 amide bonds. The summed E-state index contributed by atoms with van der Waals surface area (Å²) in [5, 5.41) is 13.5. The van der Waals surface area contributed by atoms with Crippen molar-refractivity contribution >= 4 is 23.4 Å². The van der Waals surface area contributed by atoms with Crippen LogP contribution in [0.25, 0.3) is 0 Å². The SMILES string of the molecule is CC(N)C(Sc1nnnn1C1CC1)c1ccccc1Cl. The highest BCUT2D eigenvalue weighted by atomic mass is 35.5.